The molecule has 0 aliphatic heterocycles. The van der Waals surface area contributed by atoms with E-state index in [1.165, 1.54) is 0 Å². The van der Waals surface area contributed by atoms with E-state index >= 15 is 0 Å². The van der Waals surface area contributed by atoms with E-state index in [1.54, 1.807) is 23.3 Å². The van der Waals surface area contributed by atoms with Gasteiger partial charge in [0.15, 0.2) is 5.65 Å². The molecule has 3 rings (SSSR count). The summed E-state index contributed by atoms with van der Waals surface area (Å²) in [5.74, 6) is 2.58. The van der Waals surface area contributed by atoms with Crippen LogP contribution in [0.3, 0.4) is 0 Å². The van der Waals surface area contributed by atoms with Crippen molar-refractivity contribution in [1.82, 2.24) is 24.7 Å². The number of terminal acetylenes is 1. The highest BCUT2D eigenvalue weighted by Gasteiger charge is 2.08. The summed E-state index contributed by atoms with van der Waals surface area (Å²) < 4.78 is 1.72. The number of fused-ring (bicyclic) bond motifs is 1. The fourth-order valence-corrected chi connectivity index (χ4v) is 1.69. The summed E-state index contributed by atoms with van der Waals surface area (Å²) in [5, 5.41) is 4.10. The maximum absolute atomic E-state index is 5.40. The van der Waals surface area contributed by atoms with E-state index in [1.807, 2.05) is 13.2 Å². The maximum Gasteiger partial charge on any atom is 0.157 e. The second-order valence-corrected chi connectivity index (χ2v) is 3.70. The van der Waals surface area contributed by atoms with Crippen molar-refractivity contribution in [2.45, 2.75) is 0 Å². The van der Waals surface area contributed by atoms with Crippen LogP contribution in [0.15, 0.2) is 24.8 Å². The van der Waals surface area contributed by atoms with Gasteiger partial charge in [-0.2, -0.15) is 5.10 Å². The topological polar surface area (TPSA) is 59.4 Å². The smallest absolute Gasteiger partial charge is 0.157 e. The molecule has 0 saturated carbocycles. The van der Waals surface area contributed by atoms with Gasteiger partial charge in [0, 0.05) is 25.0 Å². The molecule has 1 N–H and O–H groups in total. The van der Waals surface area contributed by atoms with Gasteiger partial charge in [0.1, 0.15) is 5.52 Å². The minimum atomic E-state index is 0.700. The fourth-order valence-electron chi connectivity index (χ4n) is 1.69. The summed E-state index contributed by atoms with van der Waals surface area (Å²) in [6.45, 7) is 0. The maximum atomic E-state index is 5.40. The summed E-state index contributed by atoms with van der Waals surface area (Å²) in [5.41, 5.74) is 3.82. The van der Waals surface area contributed by atoms with Crippen LogP contribution < -0.4 is 0 Å². The van der Waals surface area contributed by atoms with Crippen molar-refractivity contribution in [2.24, 2.45) is 7.05 Å². The van der Waals surface area contributed by atoms with Crippen LogP contribution in [0.4, 0.5) is 0 Å². The van der Waals surface area contributed by atoms with Gasteiger partial charge in [-0.15, -0.1) is 6.42 Å². The molecule has 0 bridgehead atoms. The quantitative estimate of drug-likeness (QED) is 0.633. The van der Waals surface area contributed by atoms with Crippen LogP contribution in [0.25, 0.3) is 22.4 Å². The van der Waals surface area contributed by atoms with Crippen molar-refractivity contribution in [2.75, 3.05) is 0 Å². The Bertz CT molecular complexity index is 729. The lowest BCUT2D eigenvalue weighted by Crippen LogP contribution is -1.87. The first kappa shape index (κ1) is 9.60. The van der Waals surface area contributed by atoms with E-state index in [0.717, 1.165) is 16.8 Å². The lowest BCUT2D eigenvalue weighted by atomic mass is 10.2. The second-order valence-electron chi connectivity index (χ2n) is 3.70. The molecule has 0 fully saturated rings. The van der Waals surface area contributed by atoms with Crippen LogP contribution in [0, 0.1) is 12.3 Å². The minimum absolute atomic E-state index is 0.700. The zero-order valence-electron chi connectivity index (χ0n) is 9.18. The molecule has 5 nitrogen and oxygen atoms in total. The second kappa shape index (κ2) is 3.46. The third-order valence-corrected chi connectivity index (χ3v) is 2.54. The molecule has 3 aromatic heterocycles. The van der Waals surface area contributed by atoms with Crippen LogP contribution in [-0.4, -0.2) is 24.7 Å². The largest absolute Gasteiger partial charge is 0.344 e. The van der Waals surface area contributed by atoms with E-state index < -0.39 is 0 Å². The van der Waals surface area contributed by atoms with Crippen LogP contribution in [0.1, 0.15) is 5.56 Å². The van der Waals surface area contributed by atoms with Gasteiger partial charge in [0.05, 0.1) is 23.7 Å². The van der Waals surface area contributed by atoms with Crippen LogP contribution >= 0.6 is 0 Å². The Morgan fingerprint density at radius 1 is 1.41 bits per heavy atom. The Balaban J connectivity index is 2.22. The van der Waals surface area contributed by atoms with Gasteiger partial charge in [-0.3, -0.25) is 4.68 Å². The first-order valence-electron chi connectivity index (χ1n) is 5.07. The molecule has 5 heteroatoms. The van der Waals surface area contributed by atoms with Gasteiger partial charge in [0.25, 0.3) is 0 Å². The number of H-pyrrole nitrogens is 1. The van der Waals surface area contributed by atoms with Gasteiger partial charge < -0.3 is 4.98 Å². The van der Waals surface area contributed by atoms with E-state index in [2.05, 4.69) is 26.0 Å². The lowest BCUT2D eigenvalue weighted by Gasteiger charge is -1.96. The number of aryl methyl sites for hydroxylation is 1. The number of nitrogens with zero attached hydrogens (tertiary/aromatic N) is 4. The molecule has 0 spiro atoms. The first-order valence-corrected chi connectivity index (χ1v) is 5.07. The van der Waals surface area contributed by atoms with E-state index in [0.29, 0.717) is 11.2 Å². The van der Waals surface area contributed by atoms with Crippen molar-refractivity contribution >= 4 is 11.2 Å². The Labute approximate surface area is 97.5 Å². The van der Waals surface area contributed by atoms with Gasteiger partial charge in [-0.25, -0.2) is 9.97 Å². The number of aromatic nitrogens is 5. The molecule has 3 aromatic rings. The predicted octanol–water partition coefficient (Wildman–Crippen LogP) is 1.34. The average molecular weight is 223 g/mol. The monoisotopic (exact) mass is 223 g/mol. The molecule has 0 saturated heterocycles. The molecular formula is C12H9N5. The van der Waals surface area contributed by atoms with Crippen molar-refractivity contribution in [3.63, 3.8) is 0 Å². The number of hydrogen-bond donors (Lipinski definition) is 1. The van der Waals surface area contributed by atoms with Gasteiger partial charge in [0.2, 0.25) is 0 Å². The minimum Gasteiger partial charge on any atom is -0.344 e. The number of hydrogen-bond acceptors (Lipinski definition) is 3. The predicted molar refractivity (Wildman–Crippen MR) is 64.0 cm³/mol. The lowest BCUT2D eigenvalue weighted by molar-refractivity contribution is 0.768. The van der Waals surface area contributed by atoms with Gasteiger partial charge >= 0.3 is 0 Å². The SMILES string of the molecule is C#Cc1c[nH]c2ncc(-c3cnn(C)c3)nc12. The van der Waals surface area contributed by atoms with Crippen LogP contribution in [0.2, 0.25) is 0 Å². The first-order chi connectivity index (χ1) is 8.28. The van der Waals surface area contributed by atoms with Crippen LogP contribution in [0.5, 0.6) is 0 Å². The third kappa shape index (κ3) is 1.47. The molecule has 3 heterocycles. The summed E-state index contributed by atoms with van der Waals surface area (Å²) in [6.07, 6.45) is 12.5. The zero-order chi connectivity index (χ0) is 11.8. The molecule has 0 unspecified atom stereocenters. The standard InChI is InChI=1S/C12H9N5/c1-3-8-4-13-12-11(8)16-10(6-14-12)9-5-15-17(2)7-9/h1,4-7H,2H3,(H,13,14). The van der Waals surface area contributed by atoms with Gasteiger partial charge in [-0.05, 0) is 0 Å². The average Bonchev–Trinajstić information content (AvgIpc) is 2.94. The molecule has 0 atom stereocenters. The zero-order valence-corrected chi connectivity index (χ0v) is 9.18. The molecule has 0 radical (unpaired) electrons. The highest BCUT2D eigenvalue weighted by Crippen LogP contribution is 2.19. The van der Waals surface area contributed by atoms with Gasteiger partial charge in [-0.1, -0.05) is 5.92 Å². The third-order valence-electron chi connectivity index (χ3n) is 2.54. The Morgan fingerprint density at radius 3 is 3.00 bits per heavy atom. The van der Waals surface area contributed by atoms with E-state index in [4.69, 9.17) is 6.42 Å². The van der Waals surface area contributed by atoms with Crippen molar-refractivity contribution in [1.29, 1.82) is 0 Å². The molecule has 17 heavy (non-hydrogen) atoms. The van der Waals surface area contributed by atoms with Crippen molar-refractivity contribution in [3.05, 3.63) is 30.4 Å². The normalized spacial score (nSPS) is 10.6. The van der Waals surface area contributed by atoms with Crippen molar-refractivity contribution in [3.8, 4) is 23.6 Å². The molecule has 82 valence electrons. The number of rotatable bonds is 1. The Hall–Kier alpha value is -2.61. The molecule has 0 aromatic carbocycles. The molecular weight excluding hydrogens is 214 g/mol. The number of nitrogens with one attached hydrogen (secondary N) is 1. The summed E-state index contributed by atoms with van der Waals surface area (Å²) in [6, 6.07) is 0. The highest BCUT2D eigenvalue weighted by molar-refractivity contribution is 5.80. The van der Waals surface area contributed by atoms with Crippen LogP contribution in [-0.2, 0) is 7.05 Å². The molecule has 0 aliphatic rings. The molecule has 0 amide bonds. The molecule has 0 aliphatic carbocycles. The number of aromatic amines is 1. The van der Waals surface area contributed by atoms with Crippen molar-refractivity contribution < 1.29 is 0 Å². The van der Waals surface area contributed by atoms with E-state index in [-0.39, 0.29) is 0 Å². The summed E-state index contributed by atoms with van der Waals surface area (Å²) in [7, 11) is 1.86. The van der Waals surface area contributed by atoms with E-state index in [9.17, 15) is 0 Å². The Kier molecular flexibility index (Phi) is 1.95. The summed E-state index contributed by atoms with van der Waals surface area (Å²) in [4.78, 5) is 11.8. The Morgan fingerprint density at radius 2 is 2.29 bits per heavy atom. The highest BCUT2D eigenvalue weighted by atomic mass is 15.2. The summed E-state index contributed by atoms with van der Waals surface area (Å²) >= 11 is 0. The fraction of sp³-hybridized carbons (Fsp3) is 0.0833.